The topological polar surface area (TPSA) is 70.4 Å². The first kappa shape index (κ1) is 22.3. The van der Waals surface area contributed by atoms with Crippen LogP contribution in [0.5, 0.6) is 0 Å². The lowest BCUT2D eigenvalue weighted by Crippen LogP contribution is -2.30. The molecule has 1 saturated heterocycles. The maximum absolute atomic E-state index is 11.3. The fraction of sp³-hybridized carbons (Fsp3) is 0.115. The highest BCUT2D eigenvalue weighted by Crippen LogP contribution is 2.42. The first-order valence-electron chi connectivity index (χ1n) is 10.7. The Labute approximate surface area is 211 Å². The molecule has 2 aromatic heterocycles. The van der Waals surface area contributed by atoms with Crippen molar-refractivity contribution in [2.45, 2.75) is 19.0 Å². The molecule has 0 bridgehead atoms. The Hall–Kier alpha value is -3.49. The van der Waals surface area contributed by atoms with Gasteiger partial charge in [0.15, 0.2) is 5.11 Å². The van der Waals surface area contributed by atoms with Gasteiger partial charge in [-0.05, 0) is 91.4 Å². The van der Waals surface area contributed by atoms with Crippen molar-refractivity contribution < 1.29 is 9.90 Å². The Kier molecular flexibility index (Phi) is 5.93. The minimum absolute atomic E-state index is 0.176. The zero-order valence-corrected chi connectivity index (χ0v) is 20.6. The summed E-state index contributed by atoms with van der Waals surface area (Å²) < 4.78 is 3.11. The Morgan fingerprint density at radius 1 is 1.06 bits per heavy atom. The van der Waals surface area contributed by atoms with Crippen molar-refractivity contribution in [2.75, 3.05) is 4.90 Å². The molecule has 0 spiro atoms. The van der Waals surface area contributed by atoms with Crippen molar-refractivity contribution in [1.29, 1.82) is 0 Å². The summed E-state index contributed by atoms with van der Waals surface area (Å²) in [5.41, 5.74) is 5.11. The van der Waals surface area contributed by atoms with Crippen LogP contribution in [0.3, 0.4) is 0 Å². The number of carboxylic acids is 1. The molecule has 2 aromatic carbocycles. The molecule has 8 heteroatoms. The number of benzene rings is 2. The van der Waals surface area contributed by atoms with Gasteiger partial charge in [0, 0.05) is 33.9 Å². The van der Waals surface area contributed by atoms with E-state index in [1.165, 1.54) is 0 Å². The number of aryl methyl sites for hydroxylation is 1. The molecule has 34 heavy (non-hydrogen) atoms. The standard InChI is InChI=1S/C26H21BrN4O2S/c1-16-15-19(11-12-20(16)27)31-24(23(29-26(31)34)21-5-2-3-13-28-21)22-6-4-14-30(22)18-9-7-17(8-10-18)25(32)33/h2-15,23-24H,1H3,(H,29,34)(H,32,33)/t23-,24+/m1/s1. The highest BCUT2D eigenvalue weighted by Gasteiger charge is 2.42. The number of carboxylic acid groups (broad SMARTS) is 1. The van der Waals surface area contributed by atoms with Gasteiger partial charge < -0.3 is 19.9 Å². The number of carbonyl (C=O) groups is 1. The maximum atomic E-state index is 11.3. The molecule has 6 nitrogen and oxygen atoms in total. The number of aromatic carboxylic acids is 1. The Morgan fingerprint density at radius 2 is 1.82 bits per heavy atom. The smallest absolute Gasteiger partial charge is 0.335 e. The summed E-state index contributed by atoms with van der Waals surface area (Å²) in [5.74, 6) is -0.948. The van der Waals surface area contributed by atoms with Crippen LogP contribution >= 0.6 is 28.1 Å². The second-order valence-corrected chi connectivity index (χ2v) is 9.33. The van der Waals surface area contributed by atoms with E-state index in [0.717, 1.165) is 32.8 Å². The first-order chi connectivity index (χ1) is 16.4. The molecule has 0 aliphatic carbocycles. The predicted molar refractivity (Wildman–Crippen MR) is 140 cm³/mol. The third-order valence-corrected chi connectivity index (χ3v) is 7.20. The van der Waals surface area contributed by atoms with Gasteiger partial charge in [0.05, 0.1) is 17.3 Å². The number of nitrogens with one attached hydrogen (secondary N) is 1. The van der Waals surface area contributed by atoms with Crippen molar-refractivity contribution >= 4 is 44.9 Å². The second kappa shape index (κ2) is 9.04. The van der Waals surface area contributed by atoms with E-state index < -0.39 is 5.97 Å². The van der Waals surface area contributed by atoms with Gasteiger partial charge in [0.1, 0.15) is 6.04 Å². The molecule has 170 valence electrons. The predicted octanol–water partition coefficient (Wildman–Crippen LogP) is 5.82. The summed E-state index contributed by atoms with van der Waals surface area (Å²) in [7, 11) is 0. The van der Waals surface area contributed by atoms with Gasteiger partial charge in [-0.25, -0.2) is 4.79 Å². The molecular weight excluding hydrogens is 512 g/mol. The molecule has 5 rings (SSSR count). The fourth-order valence-corrected chi connectivity index (χ4v) is 4.94. The van der Waals surface area contributed by atoms with Gasteiger partial charge in [-0.15, -0.1) is 0 Å². The molecule has 2 N–H and O–H groups in total. The third kappa shape index (κ3) is 3.99. The SMILES string of the molecule is Cc1cc(N2C(=S)N[C@H](c3ccccn3)[C@@H]2c2cccn2-c2ccc(C(=O)O)cc2)ccc1Br. The van der Waals surface area contributed by atoms with Crippen LogP contribution in [-0.4, -0.2) is 25.7 Å². The number of hydrogen-bond donors (Lipinski definition) is 2. The van der Waals surface area contributed by atoms with E-state index in [1.54, 1.807) is 18.3 Å². The summed E-state index contributed by atoms with van der Waals surface area (Å²) in [6.07, 6.45) is 3.76. The maximum Gasteiger partial charge on any atom is 0.335 e. The normalized spacial score (nSPS) is 17.6. The molecule has 1 fully saturated rings. The molecule has 0 amide bonds. The van der Waals surface area contributed by atoms with Gasteiger partial charge in [-0.1, -0.05) is 22.0 Å². The lowest BCUT2D eigenvalue weighted by atomic mass is 10.0. The average molecular weight is 533 g/mol. The largest absolute Gasteiger partial charge is 0.478 e. The van der Waals surface area contributed by atoms with Crippen LogP contribution < -0.4 is 10.2 Å². The lowest BCUT2D eigenvalue weighted by Gasteiger charge is -2.29. The number of halogens is 1. The van der Waals surface area contributed by atoms with Gasteiger partial charge in [-0.2, -0.15) is 0 Å². The number of nitrogens with zero attached hydrogens (tertiary/aromatic N) is 3. The summed E-state index contributed by atoms with van der Waals surface area (Å²) in [5, 5.41) is 13.4. The number of thiocarbonyl (C=S) groups is 1. The molecule has 4 aromatic rings. The molecule has 0 saturated carbocycles. The average Bonchev–Trinajstić information content (AvgIpc) is 3.46. The van der Waals surface area contributed by atoms with E-state index >= 15 is 0 Å². The van der Waals surface area contributed by atoms with Crippen LogP contribution in [0.1, 0.15) is 39.4 Å². The number of aromatic nitrogens is 2. The summed E-state index contributed by atoms with van der Waals surface area (Å²) in [6.45, 7) is 2.05. The van der Waals surface area contributed by atoms with Crippen molar-refractivity contribution in [3.05, 3.63) is 112 Å². The zero-order chi connectivity index (χ0) is 23.8. The molecule has 2 atom stereocenters. The highest BCUT2D eigenvalue weighted by molar-refractivity contribution is 9.10. The van der Waals surface area contributed by atoms with Crippen molar-refractivity contribution in [2.24, 2.45) is 0 Å². The van der Waals surface area contributed by atoms with Crippen LogP contribution in [0.15, 0.2) is 89.7 Å². The molecule has 0 radical (unpaired) electrons. The quantitative estimate of drug-likeness (QED) is 0.315. The highest BCUT2D eigenvalue weighted by atomic mass is 79.9. The summed E-state index contributed by atoms with van der Waals surface area (Å²) in [4.78, 5) is 18.1. The minimum atomic E-state index is -0.948. The summed E-state index contributed by atoms with van der Waals surface area (Å²) >= 11 is 9.42. The van der Waals surface area contributed by atoms with Crippen LogP contribution in [0.4, 0.5) is 5.69 Å². The first-order valence-corrected chi connectivity index (χ1v) is 11.9. The number of anilines is 1. The van der Waals surface area contributed by atoms with Gasteiger partial charge in [-0.3, -0.25) is 4.98 Å². The fourth-order valence-electron chi connectivity index (χ4n) is 4.35. The van der Waals surface area contributed by atoms with Gasteiger partial charge >= 0.3 is 5.97 Å². The van der Waals surface area contributed by atoms with Gasteiger partial charge in [0.2, 0.25) is 0 Å². The van der Waals surface area contributed by atoms with E-state index in [2.05, 4.69) is 54.8 Å². The van der Waals surface area contributed by atoms with E-state index in [4.69, 9.17) is 12.2 Å². The van der Waals surface area contributed by atoms with Crippen LogP contribution in [0.2, 0.25) is 0 Å². The van der Waals surface area contributed by atoms with E-state index in [1.807, 2.05) is 54.7 Å². The number of pyridine rings is 1. The Morgan fingerprint density at radius 3 is 2.50 bits per heavy atom. The lowest BCUT2D eigenvalue weighted by molar-refractivity contribution is 0.0697. The van der Waals surface area contributed by atoms with E-state index in [9.17, 15) is 9.90 Å². The monoisotopic (exact) mass is 532 g/mol. The summed E-state index contributed by atoms with van der Waals surface area (Å²) in [6, 6.07) is 22.6. The minimum Gasteiger partial charge on any atom is -0.478 e. The molecular formula is C26H21BrN4O2S. The second-order valence-electron chi connectivity index (χ2n) is 8.09. The molecule has 0 unspecified atom stereocenters. The number of hydrogen-bond acceptors (Lipinski definition) is 3. The van der Waals surface area contributed by atoms with Crippen molar-refractivity contribution in [3.8, 4) is 5.69 Å². The van der Waals surface area contributed by atoms with Crippen molar-refractivity contribution in [1.82, 2.24) is 14.9 Å². The van der Waals surface area contributed by atoms with E-state index in [0.29, 0.717) is 5.11 Å². The Bertz CT molecular complexity index is 1370. The molecule has 1 aliphatic rings. The van der Waals surface area contributed by atoms with Crippen molar-refractivity contribution in [3.63, 3.8) is 0 Å². The number of rotatable bonds is 5. The molecule has 3 heterocycles. The van der Waals surface area contributed by atoms with Crippen LogP contribution in [0.25, 0.3) is 5.69 Å². The van der Waals surface area contributed by atoms with Crippen LogP contribution in [0, 0.1) is 6.92 Å². The Balaban J connectivity index is 1.65. The van der Waals surface area contributed by atoms with Gasteiger partial charge in [0.25, 0.3) is 0 Å². The van der Waals surface area contributed by atoms with E-state index in [-0.39, 0.29) is 17.6 Å². The van der Waals surface area contributed by atoms with Crippen LogP contribution in [-0.2, 0) is 0 Å². The zero-order valence-electron chi connectivity index (χ0n) is 18.2. The molecule has 1 aliphatic heterocycles. The third-order valence-electron chi connectivity index (χ3n) is 5.99.